The van der Waals surface area contributed by atoms with Crippen LogP contribution in [0.15, 0.2) is 22.6 Å². The van der Waals surface area contributed by atoms with Gasteiger partial charge in [0.15, 0.2) is 0 Å². The normalized spacial score (nSPS) is 10.8. The molecule has 0 fully saturated rings. The average molecular weight is 245 g/mol. The van der Waals surface area contributed by atoms with Crippen molar-refractivity contribution in [1.29, 1.82) is 0 Å². The number of nitrogens with zero attached hydrogens (tertiary/aromatic N) is 2. The molecule has 0 aliphatic rings. The number of benzene rings is 1. The second kappa shape index (κ2) is 5.78. The fourth-order valence-corrected chi connectivity index (χ4v) is 1.77. The Morgan fingerprint density at radius 2 is 2.06 bits per heavy atom. The number of hydrogen-bond acceptors (Lipinski definition) is 4. The molecular formula is C14H19N3O. The molecule has 4 heteroatoms. The Labute approximate surface area is 107 Å². The van der Waals surface area contributed by atoms with Gasteiger partial charge in [0.25, 0.3) is 0 Å². The van der Waals surface area contributed by atoms with Crippen LogP contribution < -0.4 is 5.32 Å². The summed E-state index contributed by atoms with van der Waals surface area (Å²) >= 11 is 0. The van der Waals surface area contributed by atoms with E-state index in [1.54, 1.807) is 0 Å². The van der Waals surface area contributed by atoms with Crippen molar-refractivity contribution in [3.63, 3.8) is 0 Å². The second-order valence-corrected chi connectivity index (χ2v) is 4.50. The summed E-state index contributed by atoms with van der Waals surface area (Å²) < 4.78 is 5.67. The quantitative estimate of drug-likeness (QED) is 0.823. The zero-order chi connectivity index (χ0) is 13.0. The zero-order valence-corrected chi connectivity index (χ0v) is 11.2. The Bertz CT molecular complexity index is 520. The van der Waals surface area contributed by atoms with Gasteiger partial charge in [-0.1, -0.05) is 24.6 Å². The third-order valence-corrected chi connectivity index (χ3v) is 2.79. The molecule has 0 bridgehead atoms. The highest BCUT2D eigenvalue weighted by Crippen LogP contribution is 2.23. The highest BCUT2D eigenvalue weighted by Gasteiger charge is 2.10. The van der Waals surface area contributed by atoms with E-state index in [1.165, 1.54) is 5.56 Å². The van der Waals surface area contributed by atoms with Gasteiger partial charge in [0.2, 0.25) is 11.8 Å². The van der Waals surface area contributed by atoms with Gasteiger partial charge in [0, 0.05) is 5.56 Å². The van der Waals surface area contributed by atoms with Crippen molar-refractivity contribution >= 4 is 0 Å². The van der Waals surface area contributed by atoms with Gasteiger partial charge in [-0.25, -0.2) is 0 Å². The molecule has 0 spiro atoms. The summed E-state index contributed by atoms with van der Waals surface area (Å²) in [6, 6.07) is 6.23. The number of hydrogen-bond donors (Lipinski definition) is 1. The molecule has 0 amide bonds. The van der Waals surface area contributed by atoms with Crippen LogP contribution in [0.3, 0.4) is 0 Å². The van der Waals surface area contributed by atoms with E-state index < -0.39 is 0 Å². The zero-order valence-electron chi connectivity index (χ0n) is 11.2. The largest absolute Gasteiger partial charge is 0.419 e. The van der Waals surface area contributed by atoms with Crippen LogP contribution in [-0.4, -0.2) is 16.7 Å². The van der Waals surface area contributed by atoms with Gasteiger partial charge < -0.3 is 9.73 Å². The number of rotatable bonds is 5. The van der Waals surface area contributed by atoms with Crippen LogP contribution >= 0.6 is 0 Å². The minimum absolute atomic E-state index is 0.601. The molecule has 2 aromatic rings. The SMILES string of the molecule is CCCNCc1nnc(-c2cc(C)ccc2C)o1. The Kier molecular flexibility index (Phi) is 4.10. The molecular weight excluding hydrogens is 226 g/mol. The smallest absolute Gasteiger partial charge is 0.248 e. The fraction of sp³-hybridized carbons (Fsp3) is 0.429. The molecule has 96 valence electrons. The summed E-state index contributed by atoms with van der Waals surface area (Å²) in [4.78, 5) is 0. The summed E-state index contributed by atoms with van der Waals surface area (Å²) in [5.74, 6) is 1.24. The summed E-state index contributed by atoms with van der Waals surface area (Å²) in [7, 11) is 0. The van der Waals surface area contributed by atoms with Gasteiger partial charge >= 0.3 is 0 Å². The molecule has 0 aliphatic carbocycles. The molecule has 0 saturated carbocycles. The van der Waals surface area contributed by atoms with Crippen LogP contribution in [0.2, 0.25) is 0 Å². The lowest BCUT2D eigenvalue weighted by Crippen LogP contribution is -2.13. The van der Waals surface area contributed by atoms with Gasteiger partial charge in [-0.05, 0) is 38.4 Å². The lowest BCUT2D eigenvalue weighted by Gasteiger charge is -2.02. The van der Waals surface area contributed by atoms with Gasteiger partial charge in [-0.15, -0.1) is 10.2 Å². The molecule has 2 rings (SSSR count). The Morgan fingerprint density at radius 3 is 2.83 bits per heavy atom. The first kappa shape index (κ1) is 12.8. The van der Waals surface area contributed by atoms with Gasteiger partial charge in [-0.3, -0.25) is 0 Å². The molecule has 0 radical (unpaired) electrons. The van der Waals surface area contributed by atoms with E-state index in [0.29, 0.717) is 18.3 Å². The molecule has 0 aliphatic heterocycles. The summed E-state index contributed by atoms with van der Waals surface area (Å²) in [6.45, 7) is 7.83. The molecule has 1 aromatic heterocycles. The molecule has 0 unspecified atom stereocenters. The van der Waals surface area contributed by atoms with Crippen molar-refractivity contribution in [2.75, 3.05) is 6.54 Å². The van der Waals surface area contributed by atoms with Crippen molar-refractivity contribution in [3.05, 3.63) is 35.2 Å². The molecule has 1 N–H and O–H groups in total. The van der Waals surface area contributed by atoms with Crippen molar-refractivity contribution in [2.24, 2.45) is 0 Å². The molecule has 0 atom stereocenters. The van der Waals surface area contributed by atoms with E-state index in [0.717, 1.165) is 24.1 Å². The number of aromatic nitrogens is 2. The predicted octanol–water partition coefficient (Wildman–Crippen LogP) is 2.85. The molecule has 1 aromatic carbocycles. The van der Waals surface area contributed by atoms with E-state index >= 15 is 0 Å². The average Bonchev–Trinajstić information content (AvgIpc) is 2.81. The monoisotopic (exact) mass is 245 g/mol. The maximum absolute atomic E-state index is 5.67. The third kappa shape index (κ3) is 2.96. The first-order valence-electron chi connectivity index (χ1n) is 6.31. The third-order valence-electron chi connectivity index (χ3n) is 2.79. The van der Waals surface area contributed by atoms with Gasteiger partial charge in [-0.2, -0.15) is 0 Å². The lowest BCUT2D eigenvalue weighted by molar-refractivity contribution is 0.477. The molecule has 4 nitrogen and oxygen atoms in total. The highest BCUT2D eigenvalue weighted by molar-refractivity contribution is 5.59. The number of nitrogens with one attached hydrogen (secondary N) is 1. The van der Waals surface area contributed by atoms with Crippen LogP contribution in [0.25, 0.3) is 11.5 Å². The maximum Gasteiger partial charge on any atom is 0.248 e. The van der Waals surface area contributed by atoms with Crippen molar-refractivity contribution < 1.29 is 4.42 Å². The van der Waals surface area contributed by atoms with Crippen molar-refractivity contribution in [2.45, 2.75) is 33.7 Å². The Morgan fingerprint density at radius 1 is 1.22 bits per heavy atom. The van der Waals surface area contributed by atoms with E-state index in [-0.39, 0.29) is 0 Å². The standard InChI is InChI=1S/C14H19N3O/c1-4-7-15-9-13-16-17-14(18-13)12-8-10(2)5-6-11(12)3/h5-6,8,15H,4,7,9H2,1-3H3. The minimum Gasteiger partial charge on any atom is -0.419 e. The topological polar surface area (TPSA) is 51.0 Å². The van der Waals surface area contributed by atoms with Crippen molar-refractivity contribution in [3.8, 4) is 11.5 Å². The summed E-state index contributed by atoms with van der Waals surface area (Å²) in [5, 5.41) is 11.4. The van der Waals surface area contributed by atoms with Crippen LogP contribution in [0.1, 0.15) is 30.4 Å². The number of aryl methyl sites for hydroxylation is 2. The van der Waals surface area contributed by atoms with Crippen LogP contribution in [0, 0.1) is 13.8 Å². The van der Waals surface area contributed by atoms with Crippen molar-refractivity contribution in [1.82, 2.24) is 15.5 Å². The van der Waals surface area contributed by atoms with E-state index in [1.807, 2.05) is 6.92 Å². The van der Waals surface area contributed by atoms with Gasteiger partial charge in [0.1, 0.15) is 0 Å². The van der Waals surface area contributed by atoms with Crippen LogP contribution in [0.5, 0.6) is 0 Å². The first-order valence-corrected chi connectivity index (χ1v) is 6.31. The summed E-state index contributed by atoms with van der Waals surface area (Å²) in [5.41, 5.74) is 3.36. The first-order chi connectivity index (χ1) is 8.70. The van der Waals surface area contributed by atoms with E-state index in [4.69, 9.17) is 4.42 Å². The molecule has 1 heterocycles. The van der Waals surface area contributed by atoms with Crippen LogP contribution in [-0.2, 0) is 6.54 Å². The van der Waals surface area contributed by atoms with Crippen LogP contribution in [0.4, 0.5) is 0 Å². The Balaban J connectivity index is 2.16. The van der Waals surface area contributed by atoms with E-state index in [2.05, 4.69) is 47.6 Å². The summed E-state index contributed by atoms with van der Waals surface area (Å²) in [6.07, 6.45) is 1.10. The molecule has 18 heavy (non-hydrogen) atoms. The lowest BCUT2D eigenvalue weighted by atomic mass is 10.1. The Hall–Kier alpha value is -1.68. The van der Waals surface area contributed by atoms with Gasteiger partial charge in [0.05, 0.1) is 6.54 Å². The predicted molar refractivity (Wildman–Crippen MR) is 71.2 cm³/mol. The fourth-order valence-electron chi connectivity index (χ4n) is 1.77. The minimum atomic E-state index is 0.601. The molecule has 0 saturated heterocycles. The highest BCUT2D eigenvalue weighted by atomic mass is 16.4. The maximum atomic E-state index is 5.67. The second-order valence-electron chi connectivity index (χ2n) is 4.50. The van der Waals surface area contributed by atoms with E-state index in [9.17, 15) is 0 Å².